The highest BCUT2D eigenvalue weighted by atomic mass is 35.5. The fraction of sp³-hybridized carbons (Fsp3) is 0.250. The van der Waals surface area contributed by atoms with E-state index in [1.54, 1.807) is 25.1 Å². The summed E-state index contributed by atoms with van der Waals surface area (Å²) < 4.78 is 32.8. The van der Waals surface area contributed by atoms with Gasteiger partial charge in [0.2, 0.25) is 10.0 Å². The molecule has 1 saturated heterocycles. The summed E-state index contributed by atoms with van der Waals surface area (Å²) in [7, 11) is -3.72. The summed E-state index contributed by atoms with van der Waals surface area (Å²) in [6.07, 6.45) is 1.64. The molecule has 0 spiro atoms. The van der Waals surface area contributed by atoms with Gasteiger partial charge in [-0.05, 0) is 44.0 Å². The minimum atomic E-state index is -3.72. The third kappa shape index (κ3) is 3.64. The number of hydrogen-bond acceptors (Lipinski definition) is 4. The van der Waals surface area contributed by atoms with Crippen LogP contribution in [0, 0.1) is 6.92 Å². The standard InChI is InChI=1S/C20H18Cl2N2O4S/c1-12-14-5-4-6-16(22)19(14)28-18(12)20(25)23-13-7-8-15(21)17(11-13)29(26,27)24-9-2-3-10-24/h4-8,11H,2-3,9-10H2,1H3,(H,23,25). The Kier molecular flexibility index (Phi) is 5.33. The van der Waals surface area contributed by atoms with E-state index in [0.717, 1.165) is 18.2 Å². The van der Waals surface area contributed by atoms with Crippen molar-refractivity contribution in [2.75, 3.05) is 18.4 Å². The highest BCUT2D eigenvalue weighted by molar-refractivity contribution is 7.89. The summed E-state index contributed by atoms with van der Waals surface area (Å²) in [6.45, 7) is 2.70. The molecule has 0 radical (unpaired) electrons. The number of rotatable bonds is 4. The van der Waals surface area contributed by atoms with Gasteiger partial charge < -0.3 is 9.73 Å². The lowest BCUT2D eigenvalue weighted by molar-refractivity contribution is 0.0998. The Morgan fingerprint density at radius 3 is 2.52 bits per heavy atom. The van der Waals surface area contributed by atoms with E-state index in [4.69, 9.17) is 27.6 Å². The SMILES string of the molecule is Cc1c(C(=O)Nc2ccc(Cl)c(S(=O)(=O)N3CCCC3)c2)oc2c(Cl)cccc12. The molecule has 0 atom stereocenters. The molecule has 1 amide bonds. The second-order valence-electron chi connectivity index (χ2n) is 6.88. The average Bonchev–Trinajstić information content (AvgIpc) is 3.33. The van der Waals surface area contributed by atoms with Gasteiger partial charge >= 0.3 is 0 Å². The van der Waals surface area contributed by atoms with Crippen LogP contribution in [0.3, 0.4) is 0 Å². The number of fused-ring (bicyclic) bond motifs is 1. The fourth-order valence-corrected chi connectivity index (χ4v) is 5.69. The number of aryl methyl sites for hydroxylation is 1. The van der Waals surface area contributed by atoms with Crippen molar-refractivity contribution in [3.8, 4) is 0 Å². The second kappa shape index (κ2) is 7.65. The molecule has 1 aliphatic rings. The van der Waals surface area contributed by atoms with Crippen molar-refractivity contribution in [3.05, 3.63) is 57.8 Å². The maximum atomic E-state index is 12.9. The molecule has 2 aromatic carbocycles. The smallest absolute Gasteiger partial charge is 0.291 e. The quantitative estimate of drug-likeness (QED) is 0.597. The number of sulfonamides is 1. The first-order chi connectivity index (χ1) is 13.8. The monoisotopic (exact) mass is 452 g/mol. The van der Waals surface area contributed by atoms with Gasteiger partial charge in [0.05, 0.1) is 10.0 Å². The minimum absolute atomic E-state index is 0.0248. The molecule has 0 saturated carbocycles. The number of anilines is 1. The van der Waals surface area contributed by atoms with Crippen LogP contribution >= 0.6 is 23.2 Å². The number of nitrogens with one attached hydrogen (secondary N) is 1. The number of carbonyl (C=O) groups is 1. The Bertz CT molecular complexity index is 1210. The molecule has 9 heteroatoms. The molecule has 1 aliphatic heterocycles. The van der Waals surface area contributed by atoms with Gasteiger partial charge in [-0.3, -0.25) is 4.79 Å². The predicted octanol–water partition coefficient (Wildman–Crippen LogP) is 5.08. The molecule has 29 heavy (non-hydrogen) atoms. The maximum absolute atomic E-state index is 12.9. The number of nitrogens with zero attached hydrogens (tertiary/aromatic N) is 1. The van der Waals surface area contributed by atoms with Gasteiger partial charge in [0, 0.05) is 29.7 Å². The van der Waals surface area contributed by atoms with Crippen molar-refractivity contribution < 1.29 is 17.6 Å². The molecular weight excluding hydrogens is 435 g/mol. The van der Waals surface area contributed by atoms with Gasteiger partial charge in [-0.15, -0.1) is 0 Å². The Balaban J connectivity index is 1.66. The Hall–Kier alpha value is -2.06. The van der Waals surface area contributed by atoms with Crippen LogP contribution in [-0.4, -0.2) is 31.7 Å². The van der Waals surface area contributed by atoms with Gasteiger partial charge in [-0.1, -0.05) is 35.3 Å². The molecule has 0 bridgehead atoms. The maximum Gasteiger partial charge on any atom is 0.291 e. The highest BCUT2D eigenvalue weighted by Crippen LogP contribution is 2.32. The third-order valence-corrected chi connectivity index (χ3v) is 7.67. The number of amides is 1. The summed E-state index contributed by atoms with van der Waals surface area (Å²) in [4.78, 5) is 12.8. The van der Waals surface area contributed by atoms with Gasteiger partial charge in [0.1, 0.15) is 4.90 Å². The normalized spacial score (nSPS) is 15.1. The van der Waals surface area contributed by atoms with Crippen LogP contribution in [0.4, 0.5) is 5.69 Å². The topological polar surface area (TPSA) is 79.6 Å². The summed E-state index contributed by atoms with van der Waals surface area (Å²) >= 11 is 12.3. The lowest BCUT2D eigenvalue weighted by atomic mass is 10.1. The zero-order chi connectivity index (χ0) is 20.8. The number of para-hydroxylation sites is 1. The van der Waals surface area contributed by atoms with Crippen molar-refractivity contribution >= 4 is 55.8 Å². The number of furan rings is 1. The largest absolute Gasteiger partial charge is 0.449 e. The van der Waals surface area contributed by atoms with E-state index in [9.17, 15) is 13.2 Å². The molecule has 0 unspecified atom stereocenters. The summed E-state index contributed by atoms with van der Waals surface area (Å²) in [6, 6.07) is 9.67. The number of hydrogen-bond donors (Lipinski definition) is 1. The first kappa shape index (κ1) is 20.2. The van der Waals surface area contributed by atoms with Gasteiger partial charge in [-0.2, -0.15) is 4.31 Å². The molecule has 4 rings (SSSR count). The van der Waals surface area contributed by atoms with Crippen molar-refractivity contribution in [2.24, 2.45) is 0 Å². The lowest BCUT2D eigenvalue weighted by Gasteiger charge is -2.17. The zero-order valence-electron chi connectivity index (χ0n) is 15.5. The second-order valence-corrected chi connectivity index (χ2v) is 9.60. The first-order valence-electron chi connectivity index (χ1n) is 9.07. The molecule has 6 nitrogen and oxygen atoms in total. The van der Waals surface area contributed by atoms with E-state index in [0.29, 0.717) is 34.9 Å². The number of benzene rings is 2. The summed E-state index contributed by atoms with van der Waals surface area (Å²) in [5.74, 6) is -0.381. The summed E-state index contributed by atoms with van der Waals surface area (Å²) in [5.41, 5.74) is 1.40. The van der Waals surface area contributed by atoms with Crippen LogP contribution in [0.2, 0.25) is 10.0 Å². The van der Waals surface area contributed by atoms with Crippen LogP contribution in [0.15, 0.2) is 45.7 Å². The van der Waals surface area contributed by atoms with E-state index in [2.05, 4.69) is 5.32 Å². The van der Waals surface area contributed by atoms with Gasteiger partial charge in [0.15, 0.2) is 11.3 Å². The van der Waals surface area contributed by atoms with Crippen LogP contribution < -0.4 is 5.32 Å². The van der Waals surface area contributed by atoms with E-state index < -0.39 is 15.9 Å². The predicted molar refractivity (Wildman–Crippen MR) is 113 cm³/mol. The van der Waals surface area contributed by atoms with Crippen molar-refractivity contribution in [1.82, 2.24) is 4.31 Å². The molecular formula is C20H18Cl2N2O4S. The first-order valence-corrected chi connectivity index (χ1v) is 11.3. The Labute approximate surface area is 178 Å². The minimum Gasteiger partial charge on any atom is -0.449 e. The summed E-state index contributed by atoms with van der Waals surface area (Å²) in [5, 5.41) is 3.96. The molecule has 0 aliphatic carbocycles. The van der Waals surface area contributed by atoms with E-state index >= 15 is 0 Å². The lowest BCUT2D eigenvalue weighted by Crippen LogP contribution is -2.28. The van der Waals surface area contributed by atoms with E-state index in [1.807, 2.05) is 6.07 Å². The zero-order valence-corrected chi connectivity index (χ0v) is 17.9. The Morgan fingerprint density at radius 1 is 1.10 bits per heavy atom. The van der Waals surface area contributed by atoms with Crippen molar-refractivity contribution in [3.63, 3.8) is 0 Å². The molecule has 3 aromatic rings. The highest BCUT2D eigenvalue weighted by Gasteiger charge is 2.29. The molecule has 1 N–H and O–H groups in total. The molecule has 2 heterocycles. The van der Waals surface area contributed by atoms with Crippen LogP contribution in [-0.2, 0) is 10.0 Å². The van der Waals surface area contributed by atoms with Crippen LogP contribution in [0.5, 0.6) is 0 Å². The van der Waals surface area contributed by atoms with E-state index in [-0.39, 0.29) is 15.7 Å². The number of carbonyl (C=O) groups excluding carboxylic acids is 1. The van der Waals surface area contributed by atoms with Gasteiger partial charge in [-0.25, -0.2) is 8.42 Å². The van der Waals surface area contributed by atoms with Crippen LogP contribution in [0.1, 0.15) is 29.0 Å². The third-order valence-electron chi connectivity index (χ3n) is 4.99. The average molecular weight is 453 g/mol. The molecule has 1 fully saturated rings. The van der Waals surface area contributed by atoms with Crippen molar-refractivity contribution in [1.29, 1.82) is 0 Å². The molecule has 1 aromatic heterocycles. The van der Waals surface area contributed by atoms with Crippen LogP contribution in [0.25, 0.3) is 11.0 Å². The van der Waals surface area contributed by atoms with E-state index in [1.165, 1.54) is 16.4 Å². The van der Waals surface area contributed by atoms with Crippen molar-refractivity contribution in [2.45, 2.75) is 24.7 Å². The molecule has 152 valence electrons. The fourth-order valence-electron chi connectivity index (χ4n) is 3.46. The Morgan fingerprint density at radius 2 is 1.83 bits per heavy atom. The van der Waals surface area contributed by atoms with Gasteiger partial charge in [0.25, 0.3) is 5.91 Å². The number of halogens is 2.